The molecule has 0 spiro atoms. The van der Waals surface area contributed by atoms with Crippen LogP contribution in [0.4, 0.5) is 0 Å². The molecule has 1 aromatic carbocycles. The van der Waals surface area contributed by atoms with Gasteiger partial charge in [0.15, 0.2) is 11.5 Å². The van der Waals surface area contributed by atoms with E-state index in [1.165, 1.54) is 0 Å². The van der Waals surface area contributed by atoms with E-state index in [0.29, 0.717) is 50.2 Å². The molecule has 7 heteroatoms. The Bertz CT molecular complexity index is 517. The first-order chi connectivity index (χ1) is 12.5. The first-order valence-electron chi connectivity index (χ1n) is 9.00. The standard InChI is InChI=1S/C19H31NO6/c1-14(2)25-12-15(21)10-20-8-9-24-16(11-20)13-26-19-17(22-3)6-5-7-18(19)23-4/h5-7,14-16,21H,8-13H2,1-4H3. The lowest BCUT2D eigenvalue weighted by Gasteiger charge is -2.34. The first kappa shape index (κ1) is 20.8. The Morgan fingerprint density at radius 1 is 1.23 bits per heavy atom. The van der Waals surface area contributed by atoms with Gasteiger partial charge in [0.2, 0.25) is 5.75 Å². The van der Waals surface area contributed by atoms with Gasteiger partial charge in [0, 0.05) is 19.6 Å². The maximum absolute atomic E-state index is 10.1. The van der Waals surface area contributed by atoms with Gasteiger partial charge in [-0.3, -0.25) is 4.90 Å². The number of para-hydroxylation sites is 1. The molecule has 7 nitrogen and oxygen atoms in total. The second-order valence-electron chi connectivity index (χ2n) is 6.59. The zero-order chi connectivity index (χ0) is 18.9. The normalized spacial score (nSPS) is 19.4. The molecular formula is C19H31NO6. The number of hydrogen-bond donors (Lipinski definition) is 1. The smallest absolute Gasteiger partial charge is 0.203 e. The predicted octanol–water partition coefficient (Wildman–Crippen LogP) is 1.57. The minimum atomic E-state index is -0.508. The Kier molecular flexibility index (Phi) is 8.44. The van der Waals surface area contributed by atoms with Crippen molar-refractivity contribution >= 4 is 0 Å². The Labute approximate surface area is 155 Å². The number of rotatable bonds is 10. The molecule has 0 saturated carbocycles. The summed E-state index contributed by atoms with van der Waals surface area (Å²) < 4.78 is 27.9. The highest BCUT2D eigenvalue weighted by molar-refractivity contribution is 5.51. The molecule has 1 aromatic rings. The van der Waals surface area contributed by atoms with Crippen molar-refractivity contribution in [2.24, 2.45) is 0 Å². The van der Waals surface area contributed by atoms with Gasteiger partial charge in [0.05, 0.1) is 39.6 Å². The highest BCUT2D eigenvalue weighted by Gasteiger charge is 2.24. The van der Waals surface area contributed by atoms with Gasteiger partial charge >= 0.3 is 0 Å². The van der Waals surface area contributed by atoms with Gasteiger partial charge in [0.1, 0.15) is 12.7 Å². The van der Waals surface area contributed by atoms with Gasteiger partial charge in [-0.05, 0) is 26.0 Å². The molecule has 0 aromatic heterocycles. The van der Waals surface area contributed by atoms with E-state index in [2.05, 4.69) is 4.90 Å². The fourth-order valence-electron chi connectivity index (χ4n) is 2.84. The Balaban J connectivity index is 1.85. The fourth-order valence-corrected chi connectivity index (χ4v) is 2.84. The lowest BCUT2D eigenvalue weighted by molar-refractivity contribution is -0.0683. The number of methoxy groups -OCH3 is 2. The zero-order valence-electron chi connectivity index (χ0n) is 16.1. The summed E-state index contributed by atoms with van der Waals surface area (Å²) in [5.74, 6) is 1.82. The lowest BCUT2D eigenvalue weighted by atomic mass is 10.2. The van der Waals surface area contributed by atoms with Gasteiger partial charge in [-0.25, -0.2) is 0 Å². The van der Waals surface area contributed by atoms with E-state index >= 15 is 0 Å². The van der Waals surface area contributed by atoms with Gasteiger partial charge in [-0.2, -0.15) is 0 Å². The van der Waals surface area contributed by atoms with E-state index in [1.807, 2.05) is 32.0 Å². The van der Waals surface area contributed by atoms with Crippen LogP contribution in [0.1, 0.15) is 13.8 Å². The van der Waals surface area contributed by atoms with E-state index in [4.69, 9.17) is 23.7 Å². The number of hydrogen-bond acceptors (Lipinski definition) is 7. The second kappa shape index (κ2) is 10.6. The van der Waals surface area contributed by atoms with Crippen LogP contribution in [0.5, 0.6) is 17.2 Å². The van der Waals surface area contributed by atoms with Gasteiger partial charge in [0.25, 0.3) is 0 Å². The molecule has 0 radical (unpaired) electrons. The monoisotopic (exact) mass is 369 g/mol. The average Bonchev–Trinajstić information content (AvgIpc) is 2.64. The van der Waals surface area contributed by atoms with Crippen molar-refractivity contribution in [2.45, 2.75) is 32.2 Å². The Hall–Kier alpha value is -1.54. The van der Waals surface area contributed by atoms with Crippen LogP contribution in [0.2, 0.25) is 0 Å². The SMILES string of the molecule is COc1cccc(OC)c1OCC1CN(CC(O)COC(C)C)CCO1. The number of benzene rings is 1. The summed E-state index contributed by atoms with van der Waals surface area (Å²) in [6.45, 7) is 7.28. The molecule has 0 aliphatic carbocycles. The van der Waals surface area contributed by atoms with Crippen LogP contribution in [0, 0.1) is 0 Å². The van der Waals surface area contributed by atoms with Crippen molar-refractivity contribution in [1.29, 1.82) is 0 Å². The molecule has 1 fully saturated rings. The third-order valence-electron chi connectivity index (χ3n) is 4.11. The number of nitrogens with zero attached hydrogens (tertiary/aromatic N) is 1. The molecule has 2 unspecified atom stereocenters. The van der Waals surface area contributed by atoms with Crippen molar-refractivity contribution in [1.82, 2.24) is 4.90 Å². The van der Waals surface area contributed by atoms with Gasteiger partial charge < -0.3 is 28.8 Å². The molecule has 2 rings (SSSR count). The molecule has 1 saturated heterocycles. The van der Waals surface area contributed by atoms with E-state index in [9.17, 15) is 5.11 Å². The lowest BCUT2D eigenvalue weighted by Crippen LogP contribution is -2.48. The summed E-state index contributed by atoms with van der Waals surface area (Å²) >= 11 is 0. The van der Waals surface area contributed by atoms with Crippen molar-refractivity contribution in [3.05, 3.63) is 18.2 Å². The van der Waals surface area contributed by atoms with E-state index in [0.717, 1.165) is 6.54 Å². The molecule has 0 amide bonds. The highest BCUT2D eigenvalue weighted by Crippen LogP contribution is 2.36. The Morgan fingerprint density at radius 3 is 2.54 bits per heavy atom. The quantitative estimate of drug-likeness (QED) is 0.671. The van der Waals surface area contributed by atoms with Crippen LogP contribution in [0.15, 0.2) is 18.2 Å². The van der Waals surface area contributed by atoms with Crippen molar-refractivity contribution in [3.8, 4) is 17.2 Å². The van der Waals surface area contributed by atoms with E-state index < -0.39 is 6.10 Å². The molecular weight excluding hydrogens is 338 g/mol. The van der Waals surface area contributed by atoms with Crippen LogP contribution in [-0.4, -0.2) is 82.0 Å². The molecule has 1 N–H and O–H groups in total. The number of ether oxygens (including phenoxy) is 5. The number of β-amino-alcohol motifs (C(OH)–C–C–N with tert-alkyl or cyclic N) is 1. The third-order valence-corrected chi connectivity index (χ3v) is 4.11. The Morgan fingerprint density at radius 2 is 1.92 bits per heavy atom. The molecule has 26 heavy (non-hydrogen) atoms. The zero-order valence-corrected chi connectivity index (χ0v) is 16.1. The molecule has 148 valence electrons. The molecule has 0 bridgehead atoms. The van der Waals surface area contributed by atoms with Crippen LogP contribution >= 0.6 is 0 Å². The third kappa shape index (κ3) is 6.32. The maximum atomic E-state index is 10.1. The van der Waals surface area contributed by atoms with Crippen LogP contribution in [0.3, 0.4) is 0 Å². The maximum Gasteiger partial charge on any atom is 0.203 e. The molecule has 1 aliphatic heterocycles. The van der Waals surface area contributed by atoms with Gasteiger partial charge in [-0.15, -0.1) is 0 Å². The highest BCUT2D eigenvalue weighted by atomic mass is 16.6. The number of aliphatic hydroxyl groups excluding tert-OH is 1. The summed E-state index contributed by atoms with van der Waals surface area (Å²) in [4.78, 5) is 2.17. The van der Waals surface area contributed by atoms with Crippen molar-refractivity contribution in [3.63, 3.8) is 0 Å². The van der Waals surface area contributed by atoms with Gasteiger partial charge in [-0.1, -0.05) is 6.07 Å². The summed E-state index contributed by atoms with van der Waals surface area (Å²) in [5, 5.41) is 10.1. The molecule has 1 aliphatic rings. The minimum absolute atomic E-state index is 0.0865. The molecule has 1 heterocycles. The average molecular weight is 369 g/mol. The largest absolute Gasteiger partial charge is 0.493 e. The predicted molar refractivity (Wildman–Crippen MR) is 98.3 cm³/mol. The van der Waals surface area contributed by atoms with Crippen LogP contribution in [-0.2, 0) is 9.47 Å². The van der Waals surface area contributed by atoms with E-state index in [-0.39, 0.29) is 12.2 Å². The topological polar surface area (TPSA) is 69.6 Å². The van der Waals surface area contributed by atoms with E-state index in [1.54, 1.807) is 14.2 Å². The van der Waals surface area contributed by atoms with Crippen LogP contribution in [0.25, 0.3) is 0 Å². The molecule has 2 atom stereocenters. The summed E-state index contributed by atoms with van der Waals surface area (Å²) in [7, 11) is 3.20. The summed E-state index contributed by atoms with van der Waals surface area (Å²) in [6.07, 6.45) is -0.478. The summed E-state index contributed by atoms with van der Waals surface area (Å²) in [6, 6.07) is 5.51. The fraction of sp³-hybridized carbons (Fsp3) is 0.684. The van der Waals surface area contributed by atoms with Crippen molar-refractivity contribution in [2.75, 3.05) is 53.7 Å². The number of aliphatic hydroxyl groups is 1. The summed E-state index contributed by atoms with van der Waals surface area (Å²) in [5.41, 5.74) is 0. The minimum Gasteiger partial charge on any atom is -0.493 e. The van der Waals surface area contributed by atoms with Crippen molar-refractivity contribution < 1.29 is 28.8 Å². The van der Waals surface area contributed by atoms with Crippen LogP contribution < -0.4 is 14.2 Å². The number of morpholine rings is 1. The second-order valence-corrected chi connectivity index (χ2v) is 6.59. The first-order valence-corrected chi connectivity index (χ1v) is 9.00.